The number of carbonyl (C=O) groups excluding carboxylic acids is 4. The van der Waals surface area contributed by atoms with Gasteiger partial charge in [0.05, 0.1) is 21.7 Å². The Balaban J connectivity index is 3.50. The van der Waals surface area contributed by atoms with Gasteiger partial charge in [0.1, 0.15) is 12.7 Å². The lowest BCUT2D eigenvalue weighted by Gasteiger charge is -2.43. The maximum Gasteiger partial charge on any atom is 0.311 e. The van der Waals surface area contributed by atoms with Gasteiger partial charge in [0, 0.05) is 0 Å². The molecule has 0 bridgehead atoms. The molecule has 1 heterocycles. The highest BCUT2D eigenvalue weighted by Crippen LogP contribution is 2.32. The normalized spacial score (nSPS) is 25.5. The predicted octanol–water partition coefficient (Wildman–Crippen LogP) is 2.42. The van der Waals surface area contributed by atoms with E-state index < -0.39 is 76.2 Å². The Labute approximate surface area is 214 Å². The SMILES string of the molecule is CC(C)(C)C(=O)OC[C@H]1O[C@@H]([NH3+])[C@H](OC(=O)C(C)(C)C)[C@@H](OC(=O)C(C)(C)C)[C@H]1OC(=O)C(C)(C)C. The summed E-state index contributed by atoms with van der Waals surface area (Å²) in [5.74, 6) is -2.25. The van der Waals surface area contributed by atoms with Crippen LogP contribution in [0.1, 0.15) is 83.1 Å². The molecule has 3 N–H and O–H groups in total. The minimum Gasteiger partial charge on any atom is -0.462 e. The van der Waals surface area contributed by atoms with Gasteiger partial charge in [-0.15, -0.1) is 0 Å². The number of hydrogen-bond acceptors (Lipinski definition) is 9. The van der Waals surface area contributed by atoms with Crippen molar-refractivity contribution in [2.24, 2.45) is 21.7 Å². The van der Waals surface area contributed by atoms with Crippen LogP contribution in [0, 0.1) is 21.7 Å². The minimum atomic E-state index is -1.25. The van der Waals surface area contributed by atoms with Crippen molar-refractivity contribution in [2.45, 2.75) is 114 Å². The van der Waals surface area contributed by atoms with Gasteiger partial charge in [-0.1, -0.05) is 0 Å². The first-order chi connectivity index (χ1) is 16.0. The number of rotatable bonds is 5. The van der Waals surface area contributed by atoms with Gasteiger partial charge in [0.25, 0.3) is 0 Å². The van der Waals surface area contributed by atoms with Crippen LogP contribution in [0.5, 0.6) is 0 Å². The number of carbonyl (C=O) groups is 4. The van der Waals surface area contributed by atoms with E-state index >= 15 is 0 Å². The fraction of sp³-hybridized carbons (Fsp3) is 0.846. The molecule has 5 atom stereocenters. The van der Waals surface area contributed by atoms with Crippen LogP contribution in [0.25, 0.3) is 0 Å². The molecule has 0 unspecified atom stereocenters. The summed E-state index contributed by atoms with van der Waals surface area (Å²) in [4.78, 5) is 51.1. The quantitative estimate of drug-likeness (QED) is 0.430. The van der Waals surface area contributed by atoms with Crippen molar-refractivity contribution in [1.29, 1.82) is 0 Å². The minimum absolute atomic E-state index is 0.284. The van der Waals surface area contributed by atoms with Gasteiger partial charge in [-0.3, -0.25) is 19.2 Å². The number of ether oxygens (including phenoxy) is 5. The monoisotopic (exact) mass is 516 g/mol. The topological polar surface area (TPSA) is 142 Å². The fourth-order valence-corrected chi connectivity index (χ4v) is 2.82. The molecule has 1 fully saturated rings. The standard InChI is InChI=1S/C26H45NO9/c1-23(2,3)19(28)32-13-14-15(34-20(29)24(4,5)6)16(35-21(30)25(7,8)9)17(18(27)33-14)36-22(31)26(10,11)12/h14-18H,13,27H2,1-12H3/p+1/t14-,15+,16+,17-,18-/m1/s1. The Morgan fingerprint density at radius 1 is 0.583 bits per heavy atom. The van der Waals surface area contributed by atoms with Crippen molar-refractivity contribution < 1.29 is 48.6 Å². The predicted molar refractivity (Wildman–Crippen MR) is 130 cm³/mol. The van der Waals surface area contributed by atoms with E-state index in [1.54, 1.807) is 83.1 Å². The molecule has 208 valence electrons. The largest absolute Gasteiger partial charge is 0.462 e. The number of hydrogen-bond donors (Lipinski definition) is 1. The zero-order chi connectivity index (χ0) is 28.4. The van der Waals surface area contributed by atoms with Crippen molar-refractivity contribution in [2.75, 3.05) is 6.61 Å². The molecule has 1 saturated heterocycles. The molecule has 0 aromatic carbocycles. The first-order valence-corrected chi connectivity index (χ1v) is 12.3. The second kappa shape index (κ2) is 11.0. The highest BCUT2D eigenvalue weighted by molar-refractivity contribution is 5.78. The first-order valence-electron chi connectivity index (χ1n) is 12.3. The third kappa shape index (κ3) is 8.73. The average Bonchev–Trinajstić information content (AvgIpc) is 2.67. The third-order valence-electron chi connectivity index (χ3n) is 5.29. The maximum atomic E-state index is 13.0. The van der Waals surface area contributed by atoms with Crippen LogP contribution < -0.4 is 5.73 Å². The highest BCUT2D eigenvalue weighted by Gasteiger charge is 2.55. The van der Waals surface area contributed by atoms with Gasteiger partial charge >= 0.3 is 23.9 Å². The molecule has 0 amide bonds. The van der Waals surface area contributed by atoms with E-state index in [0.717, 1.165) is 0 Å². The number of esters is 4. The molecule has 10 heteroatoms. The molecule has 1 aliphatic rings. The van der Waals surface area contributed by atoms with Crippen LogP contribution in [0.15, 0.2) is 0 Å². The molecule has 36 heavy (non-hydrogen) atoms. The van der Waals surface area contributed by atoms with E-state index in [9.17, 15) is 19.2 Å². The zero-order valence-corrected chi connectivity index (χ0v) is 24.0. The van der Waals surface area contributed by atoms with E-state index in [-0.39, 0.29) is 6.61 Å². The summed E-state index contributed by atoms with van der Waals surface area (Å²) in [5, 5.41) is 0. The molecular weight excluding hydrogens is 470 g/mol. The van der Waals surface area contributed by atoms with Crippen molar-refractivity contribution in [1.82, 2.24) is 0 Å². The summed E-state index contributed by atoms with van der Waals surface area (Å²) in [6, 6.07) is 0. The lowest BCUT2D eigenvalue weighted by Crippen LogP contribution is -2.77. The summed E-state index contributed by atoms with van der Waals surface area (Å²) in [6.07, 6.45) is -5.67. The van der Waals surface area contributed by atoms with Crippen LogP contribution in [-0.2, 0) is 42.9 Å². The summed E-state index contributed by atoms with van der Waals surface area (Å²) < 4.78 is 28.8. The molecular formula is C26H46NO9+. The van der Waals surface area contributed by atoms with Gasteiger partial charge in [-0.25, -0.2) is 0 Å². The number of quaternary nitrogens is 1. The Morgan fingerprint density at radius 2 is 0.917 bits per heavy atom. The van der Waals surface area contributed by atoms with Crippen LogP contribution >= 0.6 is 0 Å². The molecule has 1 rings (SSSR count). The van der Waals surface area contributed by atoms with Crippen molar-refractivity contribution in [3.8, 4) is 0 Å². The van der Waals surface area contributed by atoms with Gasteiger partial charge in [-0.2, -0.15) is 0 Å². The molecule has 0 aromatic heterocycles. The van der Waals surface area contributed by atoms with E-state index in [4.69, 9.17) is 23.7 Å². The van der Waals surface area contributed by atoms with Crippen LogP contribution in [0.4, 0.5) is 0 Å². The van der Waals surface area contributed by atoms with E-state index in [1.807, 2.05) is 0 Å². The zero-order valence-electron chi connectivity index (χ0n) is 24.0. The Morgan fingerprint density at radius 3 is 1.28 bits per heavy atom. The first kappa shape index (κ1) is 31.8. The smallest absolute Gasteiger partial charge is 0.311 e. The van der Waals surface area contributed by atoms with Crippen LogP contribution in [0.3, 0.4) is 0 Å². The van der Waals surface area contributed by atoms with Gasteiger partial charge in [0.15, 0.2) is 12.2 Å². The van der Waals surface area contributed by atoms with Gasteiger partial charge in [0.2, 0.25) is 12.3 Å². The molecule has 0 aliphatic carbocycles. The molecule has 10 nitrogen and oxygen atoms in total. The Hall–Kier alpha value is -2.20. The molecule has 1 aliphatic heterocycles. The summed E-state index contributed by atoms with van der Waals surface area (Å²) in [6.45, 7) is 19.9. The molecule has 0 radical (unpaired) electrons. The van der Waals surface area contributed by atoms with E-state index in [1.165, 1.54) is 0 Å². The van der Waals surface area contributed by atoms with Crippen LogP contribution in [-0.4, -0.2) is 61.1 Å². The second-order valence-electron chi connectivity index (χ2n) is 13.4. The van der Waals surface area contributed by atoms with Crippen LogP contribution in [0.2, 0.25) is 0 Å². The van der Waals surface area contributed by atoms with Crippen molar-refractivity contribution >= 4 is 23.9 Å². The lowest BCUT2D eigenvalue weighted by molar-refractivity contribution is -0.532. The van der Waals surface area contributed by atoms with E-state index in [0.29, 0.717) is 0 Å². The average molecular weight is 517 g/mol. The fourth-order valence-electron chi connectivity index (χ4n) is 2.82. The Bertz CT molecular complexity index is 824. The summed E-state index contributed by atoms with van der Waals surface area (Å²) >= 11 is 0. The highest BCUT2D eigenvalue weighted by atomic mass is 16.7. The van der Waals surface area contributed by atoms with Gasteiger partial charge in [-0.05, 0) is 83.1 Å². The Kier molecular flexibility index (Phi) is 9.77. The second-order valence-corrected chi connectivity index (χ2v) is 13.4. The molecule has 0 saturated carbocycles. The van der Waals surface area contributed by atoms with Gasteiger partial charge < -0.3 is 29.4 Å². The van der Waals surface area contributed by atoms with Crippen molar-refractivity contribution in [3.63, 3.8) is 0 Å². The maximum absolute atomic E-state index is 13.0. The third-order valence-corrected chi connectivity index (χ3v) is 5.29. The van der Waals surface area contributed by atoms with Crippen molar-refractivity contribution in [3.05, 3.63) is 0 Å². The molecule has 0 spiro atoms. The van der Waals surface area contributed by atoms with E-state index in [2.05, 4.69) is 5.73 Å². The summed E-state index contributed by atoms with van der Waals surface area (Å²) in [7, 11) is 0. The lowest BCUT2D eigenvalue weighted by atomic mass is 9.92. The summed E-state index contributed by atoms with van der Waals surface area (Å²) in [5.41, 5.74) is 0.504. The molecule has 0 aromatic rings.